The Morgan fingerprint density at radius 2 is 2.19 bits per heavy atom. The molecule has 0 saturated carbocycles. The fourth-order valence-corrected chi connectivity index (χ4v) is 2.83. The molecule has 0 bridgehead atoms. The Bertz CT molecular complexity index is 458. The lowest BCUT2D eigenvalue weighted by atomic mass is 9.95. The summed E-state index contributed by atoms with van der Waals surface area (Å²) >= 11 is 5.84. The second-order valence-electron chi connectivity index (χ2n) is 5.24. The summed E-state index contributed by atoms with van der Waals surface area (Å²) in [5.74, 6) is 1.13. The average Bonchev–Trinajstić information content (AvgIpc) is 2.53. The summed E-state index contributed by atoms with van der Waals surface area (Å²) in [4.78, 5) is 20.6. The Kier molecular flexibility index (Phi) is 5.82. The Morgan fingerprint density at radius 3 is 2.71 bits per heavy atom. The summed E-state index contributed by atoms with van der Waals surface area (Å²) in [5, 5.41) is 9.64. The van der Waals surface area contributed by atoms with Crippen molar-refractivity contribution in [2.45, 2.75) is 19.8 Å². The second-order valence-corrected chi connectivity index (χ2v) is 5.67. The van der Waals surface area contributed by atoms with Crippen LogP contribution in [0.5, 0.6) is 0 Å². The van der Waals surface area contributed by atoms with E-state index in [1.807, 2.05) is 19.1 Å². The van der Waals surface area contributed by atoms with E-state index in [9.17, 15) is 4.79 Å². The largest absolute Gasteiger partial charge is 0.395 e. The zero-order chi connectivity index (χ0) is 15.2. The standard InChI is InChI=1S/C15H22ClN3O2/c1-2-18(9-10-20)15(21)12-5-7-19(8-6-12)14-4-3-13(16)11-17-14/h3-4,11-12,20H,2,5-10H2,1H3. The lowest BCUT2D eigenvalue weighted by Gasteiger charge is -2.34. The van der Waals surface area contributed by atoms with Gasteiger partial charge < -0.3 is 14.9 Å². The molecule has 116 valence electrons. The molecule has 0 aromatic carbocycles. The van der Waals surface area contributed by atoms with E-state index in [2.05, 4.69) is 9.88 Å². The van der Waals surface area contributed by atoms with Crippen molar-refractivity contribution in [1.82, 2.24) is 9.88 Å². The van der Waals surface area contributed by atoms with Crippen LogP contribution in [0, 0.1) is 5.92 Å². The third-order valence-corrected chi connectivity index (χ3v) is 4.17. The Labute approximate surface area is 130 Å². The van der Waals surface area contributed by atoms with Gasteiger partial charge in [-0.15, -0.1) is 0 Å². The summed E-state index contributed by atoms with van der Waals surface area (Å²) in [7, 11) is 0. The maximum absolute atomic E-state index is 12.4. The van der Waals surface area contributed by atoms with Gasteiger partial charge in [0.2, 0.25) is 5.91 Å². The number of aliphatic hydroxyl groups excluding tert-OH is 1. The SMILES string of the molecule is CCN(CCO)C(=O)C1CCN(c2ccc(Cl)cn2)CC1. The molecule has 2 heterocycles. The van der Waals surface area contributed by atoms with Gasteiger partial charge in [0.15, 0.2) is 0 Å². The molecule has 0 radical (unpaired) electrons. The van der Waals surface area contributed by atoms with E-state index in [-0.39, 0.29) is 18.4 Å². The molecular weight excluding hydrogens is 290 g/mol. The molecule has 0 aliphatic carbocycles. The van der Waals surface area contributed by atoms with Crippen molar-refractivity contribution in [3.8, 4) is 0 Å². The molecule has 1 aliphatic rings. The maximum Gasteiger partial charge on any atom is 0.225 e. The van der Waals surface area contributed by atoms with Gasteiger partial charge in [0, 0.05) is 38.3 Å². The van der Waals surface area contributed by atoms with Crippen LogP contribution in [0.1, 0.15) is 19.8 Å². The summed E-state index contributed by atoms with van der Waals surface area (Å²) in [6.07, 6.45) is 3.30. The Hall–Kier alpha value is -1.33. The molecule has 5 nitrogen and oxygen atoms in total. The first-order valence-electron chi connectivity index (χ1n) is 7.41. The van der Waals surface area contributed by atoms with Crippen molar-refractivity contribution in [3.63, 3.8) is 0 Å². The van der Waals surface area contributed by atoms with E-state index in [0.717, 1.165) is 31.7 Å². The highest BCUT2D eigenvalue weighted by molar-refractivity contribution is 6.30. The fourth-order valence-electron chi connectivity index (χ4n) is 2.71. The quantitative estimate of drug-likeness (QED) is 0.901. The number of nitrogens with zero attached hydrogens (tertiary/aromatic N) is 3. The van der Waals surface area contributed by atoms with Crippen molar-refractivity contribution >= 4 is 23.3 Å². The van der Waals surface area contributed by atoms with Crippen LogP contribution in [0.15, 0.2) is 18.3 Å². The third kappa shape index (κ3) is 4.08. The van der Waals surface area contributed by atoms with Gasteiger partial charge in [-0.2, -0.15) is 0 Å². The molecule has 2 rings (SSSR count). The average molecular weight is 312 g/mol. The number of anilines is 1. The summed E-state index contributed by atoms with van der Waals surface area (Å²) in [5.41, 5.74) is 0. The highest BCUT2D eigenvalue weighted by atomic mass is 35.5. The minimum absolute atomic E-state index is 0.0210. The van der Waals surface area contributed by atoms with Gasteiger partial charge in [-0.05, 0) is 31.9 Å². The first-order valence-corrected chi connectivity index (χ1v) is 7.79. The molecule has 1 aromatic rings. The monoisotopic (exact) mass is 311 g/mol. The van der Waals surface area contributed by atoms with Crippen molar-refractivity contribution in [1.29, 1.82) is 0 Å². The third-order valence-electron chi connectivity index (χ3n) is 3.94. The zero-order valence-electron chi connectivity index (χ0n) is 12.3. The van der Waals surface area contributed by atoms with E-state index in [1.165, 1.54) is 0 Å². The lowest BCUT2D eigenvalue weighted by molar-refractivity contribution is -0.136. The predicted octanol–water partition coefficient (Wildman–Crippen LogP) is 1.79. The summed E-state index contributed by atoms with van der Waals surface area (Å²) in [6.45, 7) is 4.68. The number of halogens is 1. The molecule has 1 aliphatic heterocycles. The topological polar surface area (TPSA) is 56.7 Å². The van der Waals surface area contributed by atoms with Gasteiger partial charge in [-0.25, -0.2) is 4.98 Å². The first kappa shape index (κ1) is 16.0. The van der Waals surface area contributed by atoms with Crippen LogP contribution in [0.25, 0.3) is 0 Å². The van der Waals surface area contributed by atoms with Crippen molar-refractivity contribution in [2.24, 2.45) is 5.92 Å². The maximum atomic E-state index is 12.4. The van der Waals surface area contributed by atoms with Crippen LogP contribution in [0.2, 0.25) is 5.02 Å². The van der Waals surface area contributed by atoms with Gasteiger partial charge in [0.1, 0.15) is 5.82 Å². The molecule has 21 heavy (non-hydrogen) atoms. The van der Waals surface area contributed by atoms with E-state index in [1.54, 1.807) is 11.1 Å². The van der Waals surface area contributed by atoms with Crippen molar-refractivity contribution in [3.05, 3.63) is 23.4 Å². The van der Waals surface area contributed by atoms with E-state index < -0.39 is 0 Å². The van der Waals surface area contributed by atoms with Gasteiger partial charge in [-0.3, -0.25) is 4.79 Å². The number of rotatable bonds is 5. The number of piperidine rings is 1. The Morgan fingerprint density at radius 1 is 1.48 bits per heavy atom. The van der Waals surface area contributed by atoms with Gasteiger partial charge in [-0.1, -0.05) is 11.6 Å². The molecule has 1 amide bonds. The first-order chi connectivity index (χ1) is 10.2. The molecule has 0 unspecified atom stereocenters. The Balaban J connectivity index is 1.90. The molecule has 1 N–H and O–H groups in total. The number of amides is 1. The molecule has 0 spiro atoms. The van der Waals surface area contributed by atoms with Crippen LogP contribution in [-0.4, -0.2) is 53.7 Å². The number of hydrogen-bond acceptors (Lipinski definition) is 4. The van der Waals surface area contributed by atoms with E-state index >= 15 is 0 Å². The number of aromatic nitrogens is 1. The van der Waals surface area contributed by atoms with Crippen LogP contribution in [0.4, 0.5) is 5.82 Å². The molecule has 0 atom stereocenters. The van der Waals surface area contributed by atoms with E-state index in [0.29, 0.717) is 18.1 Å². The predicted molar refractivity (Wildman–Crippen MR) is 83.5 cm³/mol. The highest BCUT2D eigenvalue weighted by Crippen LogP contribution is 2.24. The van der Waals surface area contributed by atoms with Crippen LogP contribution in [0.3, 0.4) is 0 Å². The smallest absolute Gasteiger partial charge is 0.225 e. The van der Waals surface area contributed by atoms with Gasteiger partial charge >= 0.3 is 0 Å². The fraction of sp³-hybridized carbons (Fsp3) is 0.600. The number of carbonyl (C=O) groups excluding carboxylic acids is 1. The summed E-state index contributed by atoms with van der Waals surface area (Å²) in [6, 6.07) is 3.75. The molecule has 1 saturated heterocycles. The second kappa shape index (κ2) is 7.61. The van der Waals surface area contributed by atoms with Crippen molar-refractivity contribution in [2.75, 3.05) is 37.7 Å². The summed E-state index contributed by atoms with van der Waals surface area (Å²) < 4.78 is 0. The highest BCUT2D eigenvalue weighted by Gasteiger charge is 2.28. The molecule has 6 heteroatoms. The molecule has 1 aromatic heterocycles. The minimum Gasteiger partial charge on any atom is -0.395 e. The number of hydrogen-bond donors (Lipinski definition) is 1. The van der Waals surface area contributed by atoms with Crippen LogP contribution < -0.4 is 4.90 Å². The molecular formula is C15H22ClN3O2. The van der Waals surface area contributed by atoms with Crippen LogP contribution in [-0.2, 0) is 4.79 Å². The zero-order valence-corrected chi connectivity index (χ0v) is 13.1. The number of carbonyl (C=O) groups is 1. The van der Waals surface area contributed by atoms with Crippen LogP contribution >= 0.6 is 11.6 Å². The van der Waals surface area contributed by atoms with Gasteiger partial charge in [0.05, 0.1) is 11.6 Å². The lowest BCUT2D eigenvalue weighted by Crippen LogP contribution is -2.43. The minimum atomic E-state index is 0.0210. The normalized spacial score (nSPS) is 16.0. The van der Waals surface area contributed by atoms with Gasteiger partial charge in [0.25, 0.3) is 0 Å². The van der Waals surface area contributed by atoms with Crippen molar-refractivity contribution < 1.29 is 9.90 Å². The molecule has 1 fully saturated rings. The number of aliphatic hydroxyl groups is 1. The van der Waals surface area contributed by atoms with E-state index in [4.69, 9.17) is 16.7 Å². The number of pyridine rings is 1. The number of likely N-dealkylation sites (N-methyl/N-ethyl adjacent to an activating group) is 1.